The summed E-state index contributed by atoms with van der Waals surface area (Å²) in [5, 5.41) is 22.9. The van der Waals surface area contributed by atoms with Crippen molar-refractivity contribution in [2.24, 2.45) is 17.3 Å². The second-order valence-corrected chi connectivity index (χ2v) is 12.6. The predicted molar refractivity (Wildman–Crippen MR) is 154 cm³/mol. The number of carbonyl (C=O) groups excluding carboxylic acids is 1. The van der Waals surface area contributed by atoms with Gasteiger partial charge in [-0.05, 0) is 54.2 Å². The van der Waals surface area contributed by atoms with Crippen molar-refractivity contribution in [1.29, 1.82) is 5.26 Å². The Bertz CT molecular complexity index is 1450. The molecule has 2 aromatic rings. The van der Waals surface area contributed by atoms with E-state index >= 15 is 8.78 Å². The first-order chi connectivity index (χ1) is 19.3. The average molecular weight is 603 g/mol. The molecule has 1 saturated heterocycles. The number of hydrogen-bond acceptors (Lipinski definition) is 3. The lowest BCUT2D eigenvalue weighted by atomic mass is 9.62. The maximum absolute atomic E-state index is 15.8. The number of halogens is 4. The van der Waals surface area contributed by atoms with Crippen LogP contribution in [0.15, 0.2) is 65.5 Å². The number of nitrogens with one attached hydrogen (secondary N) is 1. The van der Waals surface area contributed by atoms with Gasteiger partial charge in [-0.25, -0.2) is 18.4 Å². The van der Waals surface area contributed by atoms with Crippen LogP contribution in [0.25, 0.3) is 0 Å². The zero-order chi connectivity index (χ0) is 30.1. The van der Waals surface area contributed by atoms with Gasteiger partial charge in [0.1, 0.15) is 17.1 Å². The third kappa shape index (κ3) is 6.12. The van der Waals surface area contributed by atoms with Crippen molar-refractivity contribution < 1.29 is 23.5 Å². The molecule has 1 heterocycles. The lowest BCUT2D eigenvalue weighted by Gasteiger charge is -2.41. The lowest BCUT2D eigenvalue weighted by Crippen LogP contribution is -2.53. The molecule has 2 amide bonds. The quantitative estimate of drug-likeness (QED) is 0.357. The summed E-state index contributed by atoms with van der Waals surface area (Å²) in [5.74, 6) is -3.97. The highest BCUT2D eigenvalue weighted by Crippen LogP contribution is 2.54. The Kier molecular flexibility index (Phi) is 8.81. The number of hydrogen-bond donors (Lipinski definition) is 2. The molecule has 2 aromatic carbocycles. The van der Waals surface area contributed by atoms with E-state index in [1.807, 2.05) is 20.8 Å². The van der Waals surface area contributed by atoms with Gasteiger partial charge in [0.15, 0.2) is 0 Å². The minimum absolute atomic E-state index is 0.0571. The molecule has 41 heavy (non-hydrogen) atoms. The van der Waals surface area contributed by atoms with Crippen LogP contribution in [0, 0.1) is 34.4 Å². The van der Waals surface area contributed by atoms with Crippen molar-refractivity contribution in [2.45, 2.75) is 51.6 Å². The number of nitriles is 1. The maximum atomic E-state index is 15.8. The van der Waals surface area contributed by atoms with E-state index in [1.54, 1.807) is 18.2 Å². The van der Waals surface area contributed by atoms with Crippen LogP contribution in [0.4, 0.5) is 13.6 Å². The third-order valence-electron chi connectivity index (χ3n) is 7.78. The number of benzene rings is 2. The first-order valence-corrected chi connectivity index (χ1v) is 14.0. The predicted octanol–water partition coefficient (Wildman–Crippen LogP) is 7.58. The van der Waals surface area contributed by atoms with Gasteiger partial charge in [-0.15, -0.1) is 0 Å². The Morgan fingerprint density at radius 2 is 1.85 bits per heavy atom. The van der Waals surface area contributed by atoms with Gasteiger partial charge in [0.2, 0.25) is 0 Å². The Morgan fingerprint density at radius 1 is 1.17 bits per heavy atom. The molecule has 6 nitrogen and oxygen atoms in total. The highest BCUT2D eigenvalue weighted by atomic mass is 35.5. The highest BCUT2D eigenvalue weighted by Gasteiger charge is 2.61. The van der Waals surface area contributed by atoms with Crippen molar-refractivity contribution in [3.8, 4) is 6.07 Å². The zero-order valence-corrected chi connectivity index (χ0v) is 24.4. The number of amides is 2. The molecule has 1 unspecified atom stereocenters. The molecular weight excluding hydrogens is 571 g/mol. The Balaban J connectivity index is 1.81. The topological polar surface area (TPSA) is 93.4 Å². The van der Waals surface area contributed by atoms with Gasteiger partial charge in [-0.3, -0.25) is 0 Å². The summed E-state index contributed by atoms with van der Waals surface area (Å²) < 4.78 is 31.5. The molecule has 2 aliphatic rings. The molecule has 0 bridgehead atoms. The summed E-state index contributed by atoms with van der Waals surface area (Å²) in [4.78, 5) is 26.4. The van der Waals surface area contributed by atoms with E-state index in [2.05, 4.69) is 11.4 Å². The van der Waals surface area contributed by atoms with E-state index in [1.165, 1.54) is 35.2 Å². The average Bonchev–Trinajstić information content (AvgIpc) is 3.22. The molecule has 4 rings (SSSR count). The van der Waals surface area contributed by atoms with Crippen LogP contribution in [0.1, 0.15) is 55.1 Å². The molecule has 0 aromatic heterocycles. The Labute approximate surface area is 248 Å². The molecule has 2 N–H and O–H groups in total. The number of urea groups is 1. The van der Waals surface area contributed by atoms with E-state index in [9.17, 15) is 14.9 Å². The number of aromatic carboxylic acids is 1. The molecule has 10 heteroatoms. The molecule has 1 fully saturated rings. The van der Waals surface area contributed by atoms with Crippen LogP contribution in [-0.2, 0) is 12.0 Å². The molecule has 0 radical (unpaired) electrons. The molecule has 216 valence electrons. The van der Waals surface area contributed by atoms with Crippen molar-refractivity contribution in [3.05, 3.63) is 93.0 Å². The summed E-state index contributed by atoms with van der Waals surface area (Å²) in [6.45, 7) is 6.11. The number of allylic oxidation sites excluding steroid dienone is 3. The fourth-order valence-electron chi connectivity index (χ4n) is 6.10. The molecule has 1 aliphatic carbocycles. The summed E-state index contributed by atoms with van der Waals surface area (Å²) in [7, 11) is 0. The largest absolute Gasteiger partial charge is 0.478 e. The Hall–Kier alpha value is -3.41. The van der Waals surface area contributed by atoms with Crippen LogP contribution in [0.3, 0.4) is 0 Å². The highest BCUT2D eigenvalue weighted by molar-refractivity contribution is 6.31. The number of nitrogens with zero attached hydrogens (tertiary/aromatic N) is 2. The van der Waals surface area contributed by atoms with E-state index in [-0.39, 0.29) is 46.1 Å². The van der Waals surface area contributed by atoms with E-state index in [0.29, 0.717) is 12.0 Å². The normalized spacial score (nSPS) is 24.3. The first-order valence-electron chi connectivity index (χ1n) is 13.2. The maximum Gasteiger partial charge on any atom is 0.335 e. The van der Waals surface area contributed by atoms with Crippen LogP contribution in [-0.4, -0.2) is 34.6 Å². The molecule has 0 spiro atoms. The monoisotopic (exact) mass is 601 g/mol. The fraction of sp³-hybridized carbons (Fsp3) is 0.387. The van der Waals surface area contributed by atoms with E-state index < -0.39 is 46.9 Å². The number of carboxylic acid groups (broad SMARTS) is 1. The minimum atomic E-state index is -1.62. The van der Waals surface area contributed by atoms with Crippen molar-refractivity contribution >= 4 is 35.2 Å². The summed E-state index contributed by atoms with van der Waals surface area (Å²) in [6, 6.07) is 10.8. The van der Waals surface area contributed by atoms with Gasteiger partial charge in [0.05, 0.1) is 22.7 Å². The van der Waals surface area contributed by atoms with Gasteiger partial charge >= 0.3 is 12.0 Å². The third-order valence-corrected chi connectivity index (χ3v) is 8.32. The van der Waals surface area contributed by atoms with E-state index in [4.69, 9.17) is 28.3 Å². The standard InChI is InChI=1S/C31H31Cl2F2N3O3/c1-30(2,3)14-20-16-38(29(41)37-15-18-7-9-19(10-8-18)28(39)40)27(22-5-4-6-24(33)26(22)35)31(20,17-36)23-12-11-21(32)13-25(23)34/h4,6-13,20,22,27H,5,14-16H2,1-3H3,(H,37,41)(H,39,40)/t20-,22?,27-,31-/m1/s1. The number of carbonyl (C=O) groups is 2. The van der Waals surface area contributed by atoms with Crippen molar-refractivity contribution in [2.75, 3.05) is 6.54 Å². The summed E-state index contributed by atoms with van der Waals surface area (Å²) in [5.41, 5.74) is -1.11. The van der Waals surface area contributed by atoms with Crippen LogP contribution in [0.5, 0.6) is 0 Å². The first kappa shape index (κ1) is 30.5. The SMILES string of the molecule is CC(C)(C)C[C@@H]1CN(C(=O)NCc2ccc(C(=O)O)cc2)[C@H](C2CC=CC(Cl)=C2F)[C@@]1(C#N)c1ccc(Cl)cc1F. The second kappa shape index (κ2) is 11.8. The molecular formula is C31H31Cl2F2N3O3. The number of carboxylic acids is 1. The van der Waals surface area contributed by atoms with Crippen LogP contribution < -0.4 is 5.32 Å². The zero-order valence-electron chi connectivity index (χ0n) is 22.9. The molecule has 0 saturated carbocycles. The fourth-order valence-corrected chi connectivity index (χ4v) is 6.49. The van der Waals surface area contributed by atoms with Gasteiger partial charge < -0.3 is 15.3 Å². The minimum Gasteiger partial charge on any atom is -0.478 e. The Morgan fingerprint density at radius 3 is 2.44 bits per heavy atom. The molecule has 1 aliphatic heterocycles. The number of rotatable bonds is 6. The molecule has 4 atom stereocenters. The number of likely N-dealkylation sites (tertiary alicyclic amines) is 1. The van der Waals surface area contributed by atoms with Crippen molar-refractivity contribution in [1.82, 2.24) is 10.2 Å². The van der Waals surface area contributed by atoms with Gasteiger partial charge in [-0.1, -0.05) is 68.2 Å². The lowest BCUT2D eigenvalue weighted by molar-refractivity contribution is 0.0696. The second-order valence-electron chi connectivity index (χ2n) is 11.8. The van der Waals surface area contributed by atoms with Gasteiger partial charge in [0, 0.05) is 35.5 Å². The van der Waals surface area contributed by atoms with E-state index in [0.717, 1.165) is 6.07 Å². The van der Waals surface area contributed by atoms with Crippen molar-refractivity contribution in [3.63, 3.8) is 0 Å². The summed E-state index contributed by atoms with van der Waals surface area (Å²) in [6.07, 6.45) is 3.74. The van der Waals surface area contributed by atoms with Gasteiger partial charge in [-0.2, -0.15) is 5.26 Å². The summed E-state index contributed by atoms with van der Waals surface area (Å²) >= 11 is 12.3. The smallest absolute Gasteiger partial charge is 0.335 e. The van der Waals surface area contributed by atoms with Gasteiger partial charge in [0.25, 0.3) is 0 Å². The van der Waals surface area contributed by atoms with Crippen LogP contribution in [0.2, 0.25) is 5.02 Å². The van der Waals surface area contributed by atoms with Crippen LogP contribution >= 0.6 is 23.2 Å².